The maximum absolute atomic E-state index is 12.8. The van der Waals surface area contributed by atoms with Gasteiger partial charge in [-0.1, -0.05) is 24.6 Å². The van der Waals surface area contributed by atoms with Crippen LogP contribution in [0.3, 0.4) is 0 Å². The molecule has 1 aliphatic rings. The van der Waals surface area contributed by atoms with Gasteiger partial charge in [0.05, 0.1) is 5.56 Å². The largest absolute Gasteiger partial charge is 0.416 e. The Morgan fingerprint density at radius 2 is 1.85 bits per heavy atom. The number of rotatable bonds is 5. The molecule has 2 unspecified atom stereocenters. The molecule has 1 aromatic carbocycles. The van der Waals surface area contributed by atoms with Gasteiger partial charge < -0.3 is 10.4 Å². The van der Waals surface area contributed by atoms with Crippen LogP contribution in [0, 0.1) is 11.8 Å². The van der Waals surface area contributed by atoms with Gasteiger partial charge in [-0.25, -0.2) is 0 Å². The fourth-order valence-corrected chi connectivity index (χ4v) is 2.97. The molecule has 2 nitrogen and oxygen atoms in total. The van der Waals surface area contributed by atoms with E-state index in [2.05, 4.69) is 5.32 Å². The monoisotopic (exact) mass is 287 g/mol. The van der Waals surface area contributed by atoms with Crippen LogP contribution in [-0.4, -0.2) is 18.3 Å². The summed E-state index contributed by atoms with van der Waals surface area (Å²) in [5.74, 6) is 0.665. The van der Waals surface area contributed by atoms with E-state index < -0.39 is 11.7 Å². The smallest absolute Gasteiger partial charge is 0.396 e. The first-order valence-electron chi connectivity index (χ1n) is 6.99. The van der Waals surface area contributed by atoms with Crippen molar-refractivity contribution in [3.05, 3.63) is 35.4 Å². The first-order chi connectivity index (χ1) is 9.52. The third-order valence-corrected chi connectivity index (χ3v) is 4.10. The van der Waals surface area contributed by atoms with Crippen molar-refractivity contribution >= 4 is 0 Å². The van der Waals surface area contributed by atoms with E-state index in [9.17, 15) is 18.3 Å². The van der Waals surface area contributed by atoms with Crippen molar-refractivity contribution in [1.29, 1.82) is 0 Å². The highest BCUT2D eigenvalue weighted by Gasteiger charge is 2.33. The molecule has 20 heavy (non-hydrogen) atoms. The maximum atomic E-state index is 12.8. The van der Waals surface area contributed by atoms with Gasteiger partial charge in [-0.3, -0.25) is 0 Å². The van der Waals surface area contributed by atoms with E-state index >= 15 is 0 Å². The van der Waals surface area contributed by atoms with Gasteiger partial charge in [0.15, 0.2) is 0 Å². The van der Waals surface area contributed by atoms with Gasteiger partial charge in [-0.2, -0.15) is 13.2 Å². The van der Waals surface area contributed by atoms with Crippen LogP contribution >= 0.6 is 0 Å². The van der Waals surface area contributed by atoms with Crippen LogP contribution < -0.4 is 5.32 Å². The summed E-state index contributed by atoms with van der Waals surface area (Å²) in [6.07, 6.45) is -1.16. The number of halogens is 3. The topological polar surface area (TPSA) is 32.3 Å². The number of benzene rings is 1. The van der Waals surface area contributed by atoms with E-state index in [-0.39, 0.29) is 18.7 Å². The predicted molar refractivity (Wildman–Crippen MR) is 71.1 cm³/mol. The number of aliphatic hydroxyl groups excluding tert-OH is 1. The zero-order chi connectivity index (χ0) is 14.6. The van der Waals surface area contributed by atoms with Crippen LogP contribution in [0.4, 0.5) is 13.2 Å². The standard InChI is InChI=1S/C15H20F3NO/c16-15(17,18)14-7-2-1-4-12(14)9-19-8-11-5-3-6-13(11)10-20/h1-2,4,7,11,13,19-20H,3,5-6,8-10H2. The lowest BCUT2D eigenvalue weighted by atomic mass is 9.97. The number of hydrogen-bond acceptors (Lipinski definition) is 2. The highest BCUT2D eigenvalue weighted by Crippen LogP contribution is 2.32. The zero-order valence-corrected chi connectivity index (χ0v) is 11.3. The van der Waals surface area contributed by atoms with E-state index in [4.69, 9.17) is 0 Å². The van der Waals surface area contributed by atoms with Crippen LogP contribution in [-0.2, 0) is 12.7 Å². The third-order valence-electron chi connectivity index (χ3n) is 4.10. The molecule has 5 heteroatoms. The van der Waals surface area contributed by atoms with Crippen molar-refractivity contribution in [3.8, 4) is 0 Å². The first-order valence-corrected chi connectivity index (χ1v) is 6.99. The summed E-state index contributed by atoms with van der Waals surface area (Å²) in [4.78, 5) is 0. The van der Waals surface area contributed by atoms with Crippen LogP contribution in [0.15, 0.2) is 24.3 Å². The molecule has 2 rings (SSSR count). The van der Waals surface area contributed by atoms with Crippen molar-refractivity contribution in [2.24, 2.45) is 11.8 Å². The molecule has 0 aliphatic heterocycles. The van der Waals surface area contributed by atoms with Gasteiger partial charge in [0.2, 0.25) is 0 Å². The van der Waals surface area contributed by atoms with E-state index in [0.29, 0.717) is 18.4 Å². The molecule has 1 aromatic rings. The van der Waals surface area contributed by atoms with E-state index in [1.54, 1.807) is 6.07 Å². The van der Waals surface area contributed by atoms with Gasteiger partial charge in [0.25, 0.3) is 0 Å². The minimum Gasteiger partial charge on any atom is -0.396 e. The molecule has 0 amide bonds. The van der Waals surface area contributed by atoms with Crippen molar-refractivity contribution in [2.75, 3.05) is 13.2 Å². The molecule has 1 aliphatic carbocycles. The first kappa shape index (κ1) is 15.3. The summed E-state index contributed by atoms with van der Waals surface area (Å²) >= 11 is 0. The summed E-state index contributed by atoms with van der Waals surface area (Å²) in [6, 6.07) is 5.65. The van der Waals surface area contributed by atoms with Gasteiger partial charge >= 0.3 is 6.18 Å². The van der Waals surface area contributed by atoms with Crippen molar-refractivity contribution in [1.82, 2.24) is 5.32 Å². The van der Waals surface area contributed by atoms with Crippen molar-refractivity contribution in [3.63, 3.8) is 0 Å². The fraction of sp³-hybridized carbons (Fsp3) is 0.600. The average Bonchev–Trinajstić information content (AvgIpc) is 2.85. The molecule has 1 fully saturated rings. The Labute approximate surface area is 117 Å². The van der Waals surface area contributed by atoms with Gasteiger partial charge in [-0.05, 0) is 42.9 Å². The Morgan fingerprint density at radius 3 is 2.55 bits per heavy atom. The Hall–Kier alpha value is -1.07. The molecule has 0 heterocycles. The molecule has 2 N–H and O–H groups in total. The van der Waals surface area contributed by atoms with Crippen LogP contribution in [0.5, 0.6) is 0 Å². The Bertz CT molecular complexity index is 433. The predicted octanol–water partition coefficient (Wildman–Crippen LogP) is 3.20. The SMILES string of the molecule is OCC1CCCC1CNCc1ccccc1C(F)(F)F. The molecule has 0 saturated heterocycles. The second-order valence-corrected chi connectivity index (χ2v) is 5.42. The highest BCUT2D eigenvalue weighted by atomic mass is 19.4. The van der Waals surface area contributed by atoms with Gasteiger partial charge in [0, 0.05) is 13.2 Å². The van der Waals surface area contributed by atoms with E-state index in [1.165, 1.54) is 12.1 Å². The van der Waals surface area contributed by atoms with Gasteiger partial charge in [-0.15, -0.1) is 0 Å². The quantitative estimate of drug-likeness (QED) is 0.871. The lowest BCUT2D eigenvalue weighted by molar-refractivity contribution is -0.138. The maximum Gasteiger partial charge on any atom is 0.416 e. The minimum absolute atomic E-state index is 0.172. The fourth-order valence-electron chi connectivity index (χ4n) is 2.97. The van der Waals surface area contributed by atoms with Crippen LogP contribution in [0.25, 0.3) is 0 Å². The zero-order valence-electron chi connectivity index (χ0n) is 11.3. The lowest BCUT2D eigenvalue weighted by Crippen LogP contribution is -2.27. The number of hydrogen-bond donors (Lipinski definition) is 2. The molecule has 0 radical (unpaired) electrons. The summed E-state index contributed by atoms with van der Waals surface area (Å²) < 4.78 is 38.5. The number of nitrogens with one attached hydrogen (secondary N) is 1. The Morgan fingerprint density at radius 1 is 1.15 bits per heavy atom. The normalized spacial score (nSPS) is 23.2. The summed E-state index contributed by atoms with van der Waals surface area (Å²) in [6.45, 7) is 1.05. The van der Waals surface area contributed by atoms with Crippen LogP contribution in [0.2, 0.25) is 0 Å². The molecule has 0 spiro atoms. The summed E-state index contributed by atoms with van der Waals surface area (Å²) in [7, 11) is 0. The summed E-state index contributed by atoms with van der Waals surface area (Å²) in [5, 5.41) is 12.3. The third kappa shape index (κ3) is 3.73. The molecule has 2 atom stereocenters. The molecule has 112 valence electrons. The number of aliphatic hydroxyl groups is 1. The van der Waals surface area contributed by atoms with Crippen molar-refractivity contribution in [2.45, 2.75) is 32.0 Å². The van der Waals surface area contributed by atoms with Gasteiger partial charge in [0.1, 0.15) is 0 Å². The van der Waals surface area contributed by atoms with Crippen molar-refractivity contribution < 1.29 is 18.3 Å². The second-order valence-electron chi connectivity index (χ2n) is 5.42. The Kier molecular flexibility index (Phi) is 5.05. The number of alkyl halides is 3. The molecular formula is C15H20F3NO. The molecule has 0 aromatic heterocycles. The molecular weight excluding hydrogens is 267 g/mol. The lowest BCUT2D eigenvalue weighted by Gasteiger charge is -2.19. The highest BCUT2D eigenvalue weighted by molar-refractivity contribution is 5.29. The molecule has 1 saturated carbocycles. The van der Waals surface area contributed by atoms with Crippen LogP contribution in [0.1, 0.15) is 30.4 Å². The van der Waals surface area contributed by atoms with E-state index in [1.807, 2.05) is 0 Å². The van der Waals surface area contributed by atoms with E-state index in [0.717, 1.165) is 25.3 Å². The average molecular weight is 287 g/mol. The second kappa shape index (κ2) is 6.59. The molecule has 0 bridgehead atoms. The minimum atomic E-state index is -4.31. The summed E-state index contributed by atoms with van der Waals surface area (Å²) in [5.41, 5.74) is -0.295. The Balaban J connectivity index is 1.91.